The Morgan fingerprint density at radius 2 is 1.67 bits per heavy atom. The standard InChI is InChI=1S/C28H27F2N5O4.C7H13N.4C2H6/c1-3-19-22(29)6-5-16-11-18(37)12-20(23(16)19)25-24(30)26-21(13-32-25)27(34-28(33-26)38-2)35-8-7-31-17(14-35)15-39-10-4-9-36;1-3-7-4-2-6-8(7)5-1;4*1-2/h1,5-6,11-13,17,31,36-37H,4,7-10,14-15H2,2H3;7H,1-6H2;4*1-2H3. The first-order valence-corrected chi connectivity index (χ1v) is 20.1. The van der Waals surface area contributed by atoms with Crippen LogP contribution in [0, 0.1) is 24.0 Å². The lowest BCUT2D eigenvalue weighted by atomic mass is 9.96. The van der Waals surface area contributed by atoms with Crippen LogP contribution in [0.2, 0.25) is 0 Å². The van der Waals surface area contributed by atoms with Crippen LogP contribution in [0.5, 0.6) is 11.8 Å². The molecular weight excluding hydrogens is 703 g/mol. The molecule has 10 nitrogen and oxygen atoms in total. The molecule has 3 aliphatic heterocycles. The molecule has 0 spiro atoms. The van der Waals surface area contributed by atoms with Gasteiger partial charge in [-0.2, -0.15) is 9.97 Å². The molecule has 0 amide bonds. The van der Waals surface area contributed by atoms with Crippen molar-refractivity contribution >= 4 is 27.5 Å². The van der Waals surface area contributed by atoms with Gasteiger partial charge in [0.15, 0.2) is 5.82 Å². The molecule has 3 N–H and O–H groups in total. The molecule has 7 rings (SSSR count). The average molecular weight is 767 g/mol. The number of aromatic nitrogens is 3. The summed E-state index contributed by atoms with van der Waals surface area (Å²) in [6.45, 7) is 21.5. The second-order valence-corrected chi connectivity index (χ2v) is 12.1. The van der Waals surface area contributed by atoms with Crippen LogP contribution in [0.1, 0.15) is 93.1 Å². The lowest BCUT2D eigenvalue weighted by Gasteiger charge is -2.34. The molecule has 1 atom stereocenters. The zero-order valence-corrected chi connectivity index (χ0v) is 34.5. The molecule has 1 unspecified atom stereocenters. The fraction of sp³-hybridized carbons (Fsp3) is 0.558. The zero-order valence-electron chi connectivity index (χ0n) is 34.5. The number of fused-ring (bicyclic) bond motifs is 3. The van der Waals surface area contributed by atoms with Gasteiger partial charge >= 0.3 is 6.01 Å². The monoisotopic (exact) mass is 766 g/mol. The maximum absolute atomic E-state index is 16.2. The molecule has 55 heavy (non-hydrogen) atoms. The van der Waals surface area contributed by atoms with Crippen molar-refractivity contribution in [1.29, 1.82) is 0 Å². The van der Waals surface area contributed by atoms with E-state index < -0.39 is 11.6 Å². The predicted molar refractivity (Wildman–Crippen MR) is 222 cm³/mol. The van der Waals surface area contributed by atoms with E-state index in [1.807, 2.05) is 60.3 Å². The van der Waals surface area contributed by atoms with Crippen molar-refractivity contribution in [2.24, 2.45) is 0 Å². The number of benzene rings is 2. The number of phenols is 1. The number of hydrogen-bond acceptors (Lipinski definition) is 10. The van der Waals surface area contributed by atoms with Crippen LogP contribution in [0.25, 0.3) is 32.9 Å². The highest BCUT2D eigenvalue weighted by molar-refractivity contribution is 6.03. The number of phenolic OH excluding ortho intramolecular Hbond substituents is 1. The van der Waals surface area contributed by atoms with Gasteiger partial charge in [-0.1, -0.05) is 67.4 Å². The zero-order chi connectivity index (χ0) is 40.9. The topological polar surface area (TPSA) is 116 Å². The number of anilines is 1. The smallest absolute Gasteiger partial charge is 0.318 e. The van der Waals surface area contributed by atoms with E-state index in [1.54, 1.807) is 0 Å². The maximum atomic E-state index is 16.2. The van der Waals surface area contributed by atoms with Crippen LogP contribution >= 0.6 is 0 Å². The van der Waals surface area contributed by atoms with E-state index in [4.69, 9.17) is 21.0 Å². The van der Waals surface area contributed by atoms with Crippen molar-refractivity contribution in [1.82, 2.24) is 25.2 Å². The maximum Gasteiger partial charge on any atom is 0.318 e. The van der Waals surface area contributed by atoms with Gasteiger partial charge in [0.05, 0.1) is 24.7 Å². The molecule has 0 aliphatic carbocycles. The van der Waals surface area contributed by atoms with Crippen LogP contribution in [-0.4, -0.2) is 102 Å². The van der Waals surface area contributed by atoms with E-state index >= 15 is 4.39 Å². The van der Waals surface area contributed by atoms with E-state index in [0.29, 0.717) is 55.9 Å². The fourth-order valence-electron chi connectivity index (χ4n) is 6.86. The summed E-state index contributed by atoms with van der Waals surface area (Å²) in [5, 5.41) is 23.8. The Balaban J connectivity index is 0.000000551. The Bertz CT molecular complexity index is 1770. The van der Waals surface area contributed by atoms with E-state index in [0.717, 1.165) is 6.04 Å². The number of terminal acetylenes is 1. The molecular formula is C43H64F2N6O4. The number of hydrogen-bond donors (Lipinski definition) is 3. The number of aliphatic hydroxyl groups is 1. The van der Waals surface area contributed by atoms with Crippen molar-refractivity contribution in [3.8, 4) is 35.4 Å². The number of rotatable bonds is 8. The number of nitrogens with one attached hydrogen (secondary N) is 1. The highest BCUT2D eigenvalue weighted by atomic mass is 19.1. The van der Waals surface area contributed by atoms with E-state index in [2.05, 4.69) is 31.1 Å². The highest BCUT2D eigenvalue weighted by Crippen LogP contribution is 2.38. The lowest BCUT2D eigenvalue weighted by molar-refractivity contribution is 0.0956. The Hall–Kier alpha value is -4.15. The number of aromatic hydroxyl groups is 1. The third kappa shape index (κ3) is 11.9. The number of piperazine rings is 1. The van der Waals surface area contributed by atoms with Crippen LogP contribution < -0.4 is 15.0 Å². The highest BCUT2D eigenvalue weighted by Gasteiger charge is 2.28. The first-order chi connectivity index (χ1) is 26.9. The Kier molecular flexibility index (Phi) is 21.4. The minimum Gasteiger partial charge on any atom is -0.508 e. The molecule has 0 saturated carbocycles. The molecule has 3 fully saturated rings. The number of methoxy groups -OCH3 is 1. The van der Waals surface area contributed by atoms with Crippen molar-refractivity contribution in [3.63, 3.8) is 0 Å². The quantitative estimate of drug-likeness (QED) is 0.119. The molecule has 0 radical (unpaired) electrons. The number of ether oxygens (including phenoxy) is 2. The van der Waals surface area contributed by atoms with Gasteiger partial charge in [-0.25, -0.2) is 8.78 Å². The SMILES string of the molecule is C#Cc1c(F)ccc2cc(O)cc(-c3ncc4c(N5CCNC(COCCCO)C5)nc(OC)nc4c3F)c12.C1CC2CCCN2C1.CC.CC.CC.CC. The van der Waals surface area contributed by atoms with Crippen LogP contribution in [0.4, 0.5) is 14.6 Å². The van der Waals surface area contributed by atoms with Gasteiger partial charge in [0.1, 0.15) is 28.6 Å². The summed E-state index contributed by atoms with van der Waals surface area (Å²) in [6, 6.07) is 6.36. The van der Waals surface area contributed by atoms with Gasteiger partial charge in [0.25, 0.3) is 0 Å². The minimum atomic E-state index is -0.785. The van der Waals surface area contributed by atoms with Gasteiger partial charge in [0.2, 0.25) is 0 Å². The van der Waals surface area contributed by atoms with Gasteiger partial charge < -0.3 is 34.8 Å². The van der Waals surface area contributed by atoms with Crippen LogP contribution in [-0.2, 0) is 4.74 Å². The molecule has 2 aromatic heterocycles. The van der Waals surface area contributed by atoms with Gasteiger partial charge in [-0.3, -0.25) is 4.98 Å². The third-order valence-electron chi connectivity index (χ3n) is 9.08. The largest absolute Gasteiger partial charge is 0.508 e. The molecule has 5 heterocycles. The van der Waals surface area contributed by atoms with E-state index in [1.165, 1.54) is 76.3 Å². The fourth-order valence-corrected chi connectivity index (χ4v) is 6.86. The molecule has 2 aromatic carbocycles. The summed E-state index contributed by atoms with van der Waals surface area (Å²) in [5.74, 6) is 1.21. The Labute approximate surface area is 327 Å². The summed E-state index contributed by atoms with van der Waals surface area (Å²) in [7, 11) is 1.39. The molecule has 4 aromatic rings. The molecule has 3 saturated heterocycles. The summed E-state index contributed by atoms with van der Waals surface area (Å²) >= 11 is 0. The number of nitrogens with zero attached hydrogens (tertiary/aromatic N) is 5. The van der Waals surface area contributed by atoms with E-state index in [9.17, 15) is 9.50 Å². The minimum absolute atomic E-state index is 0.0127. The van der Waals surface area contributed by atoms with Crippen molar-refractivity contribution < 1.29 is 28.5 Å². The lowest BCUT2D eigenvalue weighted by Crippen LogP contribution is -2.53. The number of pyridine rings is 1. The van der Waals surface area contributed by atoms with Gasteiger partial charge in [-0.05, 0) is 68.8 Å². The van der Waals surface area contributed by atoms with Crippen molar-refractivity contribution in [2.75, 3.05) is 64.6 Å². The predicted octanol–water partition coefficient (Wildman–Crippen LogP) is 8.35. The summed E-state index contributed by atoms with van der Waals surface area (Å²) in [4.78, 5) is 17.8. The summed E-state index contributed by atoms with van der Waals surface area (Å²) in [5.41, 5.74) is -0.102. The Morgan fingerprint density at radius 1 is 0.982 bits per heavy atom. The average Bonchev–Trinajstić information content (AvgIpc) is 3.89. The number of halogens is 2. The molecule has 3 aliphatic rings. The Morgan fingerprint density at radius 3 is 2.29 bits per heavy atom. The molecule has 12 heteroatoms. The van der Waals surface area contributed by atoms with Gasteiger partial charge in [-0.15, -0.1) is 6.42 Å². The first kappa shape index (κ1) is 47.0. The summed E-state index contributed by atoms with van der Waals surface area (Å²) in [6.07, 6.45) is 13.5. The third-order valence-corrected chi connectivity index (χ3v) is 9.08. The van der Waals surface area contributed by atoms with Gasteiger partial charge in [0, 0.05) is 62.1 Å². The first-order valence-electron chi connectivity index (χ1n) is 20.1. The second-order valence-electron chi connectivity index (χ2n) is 12.1. The van der Waals surface area contributed by atoms with Crippen molar-refractivity contribution in [2.45, 2.75) is 99.6 Å². The van der Waals surface area contributed by atoms with Crippen molar-refractivity contribution in [3.05, 3.63) is 47.7 Å². The molecule has 304 valence electrons. The summed E-state index contributed by atoms with van der Waals surface area (Å²) < 4.78 is 41.8. The molecule has 0 bridgehead atoms. The number of aliphatic hydroxyl groups excluding tert-OH is 1. The van der Waals surface area contributed by atoms with Crippen LogP contribution in [0.15, 0.2) is 30.5 Å². The van der Waals surface area contributed by atoms with E-state index in [-0.39, 0.29) is 52.1 Å². The normalized spacial score (nSPS) is 16.1. The van der Waals surface area contributed by atoms with Crippen LogP contribution in [0.3, 0.4) is 0 Å². The second kappa shape index (κ2) is 25.1.